The van der Waals surface area contributed by atoms with Gasteiger partial charge in [0, 0.05) is 12.6 Å². The molecule has 1 amide bonds. The zero-order valence-electron chi connectivity index (χ0n) is 12.0. The molecule has 0 fully saturated rings. The summed E-state index contributed by atoms with van der Waals surface area (Å²) >= 11 is 0. The lowest BCUT2D eigenvalue weighted by Crippen LogP contribution is -2.51. The SMILES string of the molecule is CCCCC(CN)NC(=O)C(C(C)C)N(C)C. The van der Waals surface area contributed by atoms with Crippen molar-refractivity contribution in [1.29, 1.82) is 0 Å². The van der Waals surface area contributed by atoms with Crippen molar-refractivity contribution in [2.45, 2.75) is 52.1 Å². The molecule has 0 aromatic rings. The number of nitrogens with zero attached hydrogens (tertiary/aromatic N) is 1. The zero-order valence-corrected chi connectivity index (χ0v) is 12.0. The molecule has 0 spiro atoms. The smallest absolute Gasteiger partial charge is 0.237 e. The molecule has 4 nitrogen and oxygen atoms in total. The van der Waals surface area contributed by atoms with E-state index in [4.69, 9.17) is 5.73 Å². The highest BCUT2D eigenvalue weighted by atomic mass is 16.2. The molecule has 0 aromatic heterocycles. The van der Waals surface area contributed by atoms with Crippen molar-refractivity contribution in [3.05, 3.63) is 0 Å². The van der Waals surface area contributed by atoms with Crippen molar-refractivity contribution in [3.8, 4) is 0 Å². The second-order valence-electron chi connectivity index (χ2n) is 5.24. The lowest BCUT2D eigenvalue weighted by molar-refractivity contribution is -0.127. The highest BCUT2D eigenvalue weighted by molar-refractivity contribution is 5.82. The van der Waals surface area contributed by atoms with Crippen LogP contribution in [0.25, 0.3) is 0 Å². The molecule has 0 aliphatic carbocycles. The van der Waals surface area contributed by atoms with Crippen LogP contribution in [0.5, 0.6) is 0 Å². The normalized spacial score (nSPS) is 15.1. The third-order valence-corrected chi connectivity index (χ3v) is 2.99. The number of hydrogen-bond acceptors (Lipinski definition) is 3. The van der Waals surface area contributed by atoms with Crippen molar-refractivity contribution in [2.24, 2.45) is 11.7 Å². The van der Waals surface area contributed by atoms with E-state index in [1.54, 1.807) is 0 Å². The molecular weight excluding hydrogens is 214 g/mol. The van der Waals surface area contributed by atoms with Gasteiger partial charge in [0.2, 0.25) is 5.91 Å². The Morgan fingerprint density at radius 2 is 1.94 bits per heavy atom. The van der Waals surface area contributed by atoms with Gasteiger partial charge in [-0.1, -0.05) is 33.6 Å². The van der Waals surface area contributed by atoms with Crippen LogP contribution in [-0.2, 0) is 4.79 Å². The molecule has 4 heteroatoms. The van der Waals surface area contributed by atoms with Gasteiger partial charge in [-0.3, -0.25) is 9.69 Å². The second kappa shape index (κ2) is 8.48. The lowest BCUT2D eigenvalue weighted by atomic mass is 10.0. The maximum Gasteiger partial charge on any atom is 0.237 e. The number of carbonyl (C=O) groups excluding carboxylic acids is 1. The van der Waals surface area contributed by atoms with Crippen LogP contribution in [0.2, 0.25) is 0 Å². The third kappa shape index (κ3) is 6.03. The van der Waals surface area contributed by atoms with Crippen LogP contribution >= 0.6 is 0 Å². The predicted octanol–water partition coefficient (Wildman–Crippen LogP) is 1.21. The summed E-state index contributed by atoms with van der Waals surface area (Å²) in [7, 11) is 3.88. The molecular formula is C13H29N3O. The topological polar surface area (TPSA) is 58.4 Å². The molecule has 0 radical (unpaired) electrons. The van der Waals surface area contributed by atoms with Crippen molar-refractivity contribution in [2.75, 3.05) is 20.6 Å². The molecule has 0 aromatic carbocycles. The van der Waals surface area contributed by atoms with Gasteiger partial charge < -0.3 is 11.1 Å². The van der Waals surface area contributed by atoms with E-state index in [1.165, 1.54) is 0 Å². The average molecular weight is 243 g/mol. The van der Waals surface area contributed by atoms with Crippen molar-refractivity contribution in [1.82, 2.24) is 10.2 Å². The number of carbonyl (C=O) groups is 1. The summed E-state index contributed by atoms with van der Waals surface area (Å²) in [5.74, 6) is 0.395. The van der Waals surface area contributed by atoms with E-state index in [2.05, 4.69) is 26.1 Å². The highest BCUT2D eigenvalue weighted by Crippen LogP contribution is 2.08. The van der Waals surface area contributed by atoms with Gasteiger partial charge in [-0.2, -0.15) is 0 Å². The quantitative estimate of drug-likeness (QED) is 0.673. The van der Waals surface area contributed by atoms with E-state index in [1.807, 2.05) is 19.0 Å². The highest BCUT2D eigenvalue weighted by Gasteiger charge is 2.25. The van der Waals surface area contributed by atoms with E-state index >= 15 is 0 Å². The first kappa shape index (κ1) is 16.4. The molecule has 0 saturated carbocycles. The number of rotatable bonds is 8. The van der Waals surface area contributed by atoms with E-state index < -0.39 is 0 Å². The molecule has 2 unspecified atom stereocenters. The zero-order chi connectivity index (χ0) is 13.4. The predicted molar refractivity (Wildman–Crippen MR) is 72.8 cm³/mol. The van der Waals surface area contributed by atoms with E-state index in [0.717, 1.165) is 19.3 Å². The van der Waals surface area contributed by atoms with Crippen molar-refractivity contribution < 1.29 is 4.79 Å². The van der Waals surface area contributed by atoms with Gasteiger partial charge >= 0.3 is 0 Å². The Morgan fingerprint density at radius 1 is 1.35 bits per heavy atom. The van der Waals surface area contributed by atoms with Crippen molar-refractivity contribution in [3.63, 3.8) is 0 Å². The Labute approximate surface area is 106 Å². The first-order valence-electron chi connectivity index (χ1n) is 6.60. The molecule has 0 rings (SSSR count). The minimum absolute atomic E-state index is 0.0781. The Balaban J connectivity index is 4.36. The summed E-state index contributed by atoms with van der Waals surface area (Å²) < 4.78 is 0. The maximum absolute atomic E-state index is 12.2. The van der Waals surface area contributed by atoms with E-state index in [9.17, 15) is 4.79 Å². The van der Waals surface area contributed by atoms with Crippen LogP contribution in [0.4, 0.5) is 0 Å². The van der Waals surface area contributed by atoms with E-state index in [0.29, 0.717) is 12.5 Å². The Bertz CT molecular complexity index is 209. The Morgan fingerprint density at radius 3 is 2.29 bits per heavy atom. The molecule has 0 bridgehead atoms. The number of unbranched alkanes of at least 4 members (excludes halogenated alkanes) is 1. The molecule has 0 heterocycles. The van der Waals surface area contributed by atoms with Gasteiger partial charge in [0.15, 0.2) is 0 Å². The molecule has 2 atom stereocenters. The molecule has 3 N–H and O–H groups in total. The fraction of sp³-hybridized carbons (Fsp3) is 0.923. The van der Waals surface area contributed by atoms with Gasteiger partial charge in [-0.25, -0.2) is 0 Å². The average Bonchev–Trinajstić information content (AvgIpc) is 2.22. The summed E-state index contributed by atoms with van der Waals surface area (Å²) in [6.07, 6.45) is 3.21. The van der Waals surface area contributed by atoms with Gasteiger partial charge in [-0.15, -0.1) is 0 Å². The van der Waals surface area contributed by atoms with Gasteiger partial charge in [0.05, 0.1) is 6.04 Å². The summed E-state index contributed by atoms with van der Waals surface area (Å²) in [5.41, 5.74) is 5.69. The number of hydrogen-bond donors (Lipinski definition) is 2. The monoisotopic (exact) mass is 243 g/mol. The largest absolute Gasteiger partial charge is 0.351 e. The van der Waals surface area contributed by atoms with Crippen LogP contribution in [0.15, 0.2) is 0 Å². The Kier molecular flexibility index (Phi) is 8.17. The van der Waals surface area contributed by atoms with E-state index in [-0.39, 0.29) is 18.0 Å². The van der Waals surface area contributed by atoms with Crippen molar-refractivity contribution >= 4 is 5.91 Å². The summed E-state index contributed by atoms with van der Waals surface area (Å²) in [4.78, 5) is 14.1. The van der Waals surface area contributed by atoms with Crippen LogP contribution < -0.4 is 11.1 Å². The summed E-state index contributed by atoms with van der Waals surface area (Å²) in [6, 6.07) is 0.0364. The lowest BCUT2D eigenvalue weighted by Gasteiger charge is -2.28. The molecule has 0 aliphatic rings. The molecule has 0 saturated heterocycles. The number of likely N-dealkylation sites (N-methyl/N-ethyl adjacent to an activating group) is 1. The molecule has 102 valence electrons. The standard InChI is InChI=1S/C13H29N3O/c1-6-7-8-11(9-14)15-13(17)12(10(2)3)16(4)5/h10-12H,6-9,14H2,1-5H3,(H,15,17). The van der Waals surface area contributed by atoms with Crippen LogP contribution in [0.1, 0.15) is 40.0 Å². The third-order valence-electron chi connectivity index (χ3n) is 2.99. The minimum Gasteiger partial charge on any atom is -0.351 e. The number of nitrogens with one attached hydrogen (secondary N) is 1. The fourth-order valence-electron chi connectivity index (χ4n) is 2.12. The summed E-state index contributed by atoms with van der Waals surface area (Å²) in [6.45, 7) is 6.79. The van der Waals surface area contributed by atoms with Crippen LogP contribution in [0.3, 0.4) is 0 Å². The minimum atomic E-state index is -0.0781. The first-order chi connectivity index (χ1) is 7.93. The first-order valence-corrected chi connectivity index (χ1v) is 6.60. The van der Waals surface area contributed by atoms with Gasteiger partial charge in [0.25, 0.3) is 0 Å². The Hall–Kier alpha value is -0.610. The fourth-order valence-corrected chi connectivity index (χ4v) is 2.12. The van der Waals surface area contributed by atoms with Gasteiger partial charge in [-0.05, 0) is 26.4 Å². The van der Waals surface area contributed by atoms with Crippen LogP contribution in [-0.4, -0.2) is 43.5 Å². The van der Waals surface area contributed by atoms with Crippen LogP contribution in [0, 0.1) is 5.92 Å². The number of nitrogens with two attached hydrogens (primary N) is 1. The molecule has 17 heavy (non-hydrogen) atoms. The maximum atomic E-state index is 12.2. The molecule has 0 aliphatic heterocycles. The number of amides is 1. The second-order valence-corrected chi connectivity index (χ2v) is 5.24. The summed E-state index contributed by atoms with van der Waals surface area (Å²) in [5, 5.41) is 3.06. The van der Waals surface area contributed by atoms with Gasteiger partial charge in [0.1, 0.15) is 0 Å².